The summed E-state index contributed by atoms with van der Waals surface area (Å²) in [6, 6.07) is 3.62. The molecule has 17 heteroatoms. The Kier molecular flexibility index (Phi) is 9.63. The molecule has 0 aliphatic carbocycles. The number of rotatable bonds is 3. The van der Waals surface area contributed by atoms with Gasteiger partial charge in [-0.05, 0) is 18.6 Å². The van der Waals surface area contributed by atoms with E-state index in [4.69, 9.17) is 24.2 Å². The first-order valence-electron chi connectivity index (χ1n) is 10.7. The maximum Gasteiger partial charge on any atom is 0.490 e. The Morgan fingerprint density at radius 1 is 0.947 bits per heavy atom. The molecular formula is C21H22F8N4O5. The Hall–Kier alpha value is -3.50. The largest absolute Gasteiger partial charge is 0.490 e. The van der Waals surface area contributed by atoms with Crippen molar-refractivity contribution in [3.63, 3.8) is 0 Å². The highest BCUT2D eigenvalue weighted by molar-refractivity contribution is 5.73. The van der Waals surface area contributed by atoms with E-state index in [0.717, 1.165) is 5.56 Å². The van der Waals surface area contributed by atoms with Crippen LogP contribution in [0.2, 0.25) is 0 Å². The number of anilines is 1. The van der Waals surface area contributed by atoms with Gasteiger partial charge >= 0.3 is 24.3 Å². The monoisotopic (exact) mass is 562 g/mol. The summed E-state index contributed by atoms with van der Waals surface area (Å²) >= 11 is 0. The lowest BCUT2D eigenvalue weighted by atomic mass is 9.75. The highest BCUT2D eigenvalue weighted by Crippen LogP contribution is 2.50. The number of aromatic nitrogens is 2. The van der Waals surface area contributed by atoms with Crippen molar-refractivity contribution < 1.29 is 59.3 Å². The number of aliphatic carboxylic acids is 2. The molecule has 2 aromatic heterocycles. The van der Waals surface area contributed by atoms with Gasteiger partial charge in [-0.25, -0.2) is 28.3 Å². The van der Waals surface area contributed by atoms with Gasteiger partial charge in [0.15, 0.2) is 0 Å². The normalized spacial score (nSPS) is 21.2. The van der Waals surface area contributed by atoms with Crippen LogP contribution in [0, 0.1) is 5.41 Å². The number of carboxylic acid groups (broad SMARTS) is 2. The van der Waals surface area contributed by atoms with E-state index in [9.17, 15) is 35.1 Å². The topological polar surface area (TPSA) is 120 Å². The second-order valence-electron chi connectivity index (χ2n) is 8.40. The maximum absolute atomic E-state index is 14.8. The zero-order chi connectivity index (χ0) is 28.8. The van der Waals surface area contributed by atoms with Crippen LogP contribution in [0.3, 0.4) is 0 Å². The van der Waals surface area contributed by atoms with E-state index < -0.39 is 35.6 Å². The third kappa shape index (κ3) is 8.26. The highest BCUT2D eigenvalue weighted by atomic mass is 19.4. The van der Waals surface area contributed by atoms with Crippen LogP contribution in [0.15, 0.2) is 41.5 Å². The van der Waals surface area contributed by atoms with Crippen molar-refractivity contribution in [1.29, 1.82) is 0 Å². The summed E-state index contributed by atoms with van der Waals surface area (Å²) in [5.41, 5.74) is -0.00890. The zero-order valence-corrected chi connectivity index (χ0v) is 19.3. The Balaban J connectivity index is 0.000000301. The maximum atomic E-state index is 14.8. The zero-order valence-electron chi connectivity index (χ0n) is 19.3. The van der Waals surface area contributed by atoms with E-state index in [-0.39, 0.29) is 6.42 Å². The molecule has 2 aromatic rings. The lowest BCUT2D eigenvalue weighted by molar-refractivity contribution is -0.193. The lowest BCUT2D eigenvalue weighted by Gasteiger charge is -2.45. The molecular weight excluding hydrogens is 540 g/mol. The second-order valence-corrected chi connectivity index (χ2v) is 8.40. The van der Waals surface area contributed by atoms with Crippen LogP contribution in [0.5, 0.6) is 0 Å². The van der Waals surface area contributed by atoms with Crippen molar-refractivity contribution in [2.24, 2.45) is 5.41 Å². The number of alkyl halides is 8. The predicted molar refractivity (Wildman–Crippen MR) is 112 cm³/mol. The molecule has 1 atom stereocenters. The number of furan rings is 1. The van der Waals surface area contributed by atoms with Crippen LogP contribution in [0.4, 0.5) is 41.1 Å². The van der Waals surface area contributed by atoms with Crippen molar-refractivity contribution >= 4 is 17.9 Å². The molecule has 2 fully saturated rings. The van der Waals surface area contributed by atoms with Crippen molar-refractivity contribution in [2.75, 3.05) is 31.1 Å². The molecule has 1 unspecified atom stereocenters. The van der Waals surface area contributed by atoms with Gasteiger partial charge in [0, 0.05) is 57.1 Å². The first-order chi connectivity index (χ1) is 17.5. The summed E-state index contributed by atoms with van der Waals surface area (Å²) in [5.74, 6) is -7.64. The Morgan fingerprint density at radius 2 is 1.50 bits per heavy atom. The van der Waals surface area contributed by atoms with E-state index >= 15 is 0 Å². The standard InChI is InChI=1S/C17H20F2N4O.2C2HF3O2/c18-17(19)4-7-22(10-14-2-9-24-11-14)12-16(17)3-8-23(13-16)15-20-5-1-6-21-15;2*3-2(4,5)1(6)7/h1-2,5-6,9,11H,3-4,7-8,10,12-13H2;2*(H,6,7). The van der Waals surface area contributed by atoms with Crippen LogP contribution >= 0.6 is 0 Å². The molecule has 2 aliphatic heterocycles. The molecule has 0 saturated carbocycles. The van der Waals surface area contributed by atoms with Gasteiger partial charge < -0.3 is 19.5 Å². The van der Waals surface area contributed by atoms with Gasteiger partial charge in [0.25, 0.3) is 5.92 Å². The van der Waals surface area contributed by atoms with Gasteiger partial charge in [0.1, 0.15) is 0 Å². The Bertz CT molecular complexity index is 1030. The van der Waals surface area contributed by atoms with E-state index in [2.05, 4.69) is 14.9 Å². The highest BCUT2D eigenvalue weighted by Gasteiger charge is 2.59. The van der Waals surface area contributed by atoms with Crippen LogP contribution < -0.4 is 4.90 Å². The predicted octanol–water partition coefficient (Wildman–Crippen LogP) is 4.07. The minimum atomic E-state index is -5.08. The summed E-state index contributed by atoms with van der Waals surface area (Å²) in [7, 11) is 0. The van der Waals surface area contributed by atoms with Gasteiger partial charge in [-0.2, -0.15) is 26.3 Å². The molecule has 0 amide bonds. The molecule has 2 N–H and O–H groups in total. The lowest BCUT2D eigenvalue weighted by Crippen LogP contribution is -2.56. The van der Waals surface area contributed by atoms with Crippen molar-refractivity contribution in [3.8, 4) is 0 Å². The number of carbonyl (C=O) groups is 2. The number of piperidine rings is 1. The fourth-order valence-corrected chi connectivity index (χ4v) is 3.89. The molecule has 0 radical (unpaired) electrons. The molecule has 0 aromatic carbocycles. The second kappa shape index (κ2) is 11.9. The van der Waals surface area contributed by atoms with E-state index in [1.807, 2.05) is 11.0 Å². The molecule has 38 heavy (non-hydrogen) atoms. The van der Waals surface area contributed by atoms with Crippen molar-refractivity contribution in [3.05, 3.63) is 42.6 Å². The van der Waals surface area contributed by atoms with Gasteiger partial charge in [-0.3, -0.25) is 4.90 Å². The van der Waals surface area contributed by atoms with E-state index in [0.29, 0.717) is 45.1 Å². The minimum Gasteiger partial charge on any atom is -0.475 e. The average molecular weight is 562 g/mol. The van der Waals surface area contributed by atoms with Crippen LogP contribution in [0.25, 0.3) is 0 Å². The molecule has 4 rings (SSSR count). The van der Waals surface area contributed by atoms with Crippen molar-refractivity contribution in [2.45, 2.75) is 37.7 Å². The molecule has 4 heterocycles. The first kappa shape index (κ1) is 30.7. The van der Waals surface area contributed by atoms with E-state index in [1.54, 1.807) is 31.0 Å². The van der Waals surface area contributed by atoms with Crippen molar-refractivity contribution in [1.82, 2.24) is 14.9 Å². The third-order valence-electron chi connectivity index (χ3n) is 5.70. The van der Waals surface area contributed by atoms with E-state index in [1.165, 1.54) is 0 Å². The summed E-state index contributed by atoms with van der Waals surface area (Å²) in [4.78, 5) is 30.2. The Labute approximate surface area is 209 Å². The van der Waals surface area contributed by atoms with Crippen LogP contribution in [-0.2, 0) is 16.1 Å². The van der Waals surface area contributed by atoms with Gasteiger partial charge in [-0.1, -0.05) is 0 Å². The number of hydrogen-bond donors (Lipinski definition) is 2. The van der Waals surface area contributed by atoms with Crippen LogP contribution in [-0.4, -0.2) is 81.5 Å². The number of halogens is 8. The number of nitrogens with zero attached hydrogens (tertiary/aromatic N) is 4. The summed E-state index contributed by atoms with van der Waals surface area (Å²) < 4.78 is 98.1. The van der Waals surface area contributed by atoms with Crippen LogP contribution in [0.1, 0.15) is 18.4 Å². The Morgan fingerprint density at radius 3 is 1.97 bits per heavy atom. The molecule has 9 nitrogen and oxygen atoms in total. The molecule has 212 valence electrons. The quantitative estimate of drug-likeness (QED) is 0.534. The average Bonchev–Trinajstić information content (AvgIpc) is 3.48. The number of carboxylic acids is 2. The smallest absolute Gasteiger partial charge is 0.475 e. The molecule has 2 saturated heterocycles. The fourth-order valence-electron chi connectivity index (χ4n) is 3.89. The molecule has 1 spiro atoms. The summed E-state index contributed by atoms with van der Waals surface area (Å²) in [6.07, 6.45) is -3.21. The fraction of sp³-hybridized carbons (Fsp3) is 0.524. The first-order valence-corrected chi connectivity index (χ1v) is 10.7. The summed E-state index contributed by atoms with van der Waals surface area (Å²) in [6.45, 7) is 2.30. The SMILES string of the molecule is FC1(F)CCN(Cc2ccoc2)CC12CCN(c1ncccn1)C2.O=C(O)C(F)(F)F.O=C(O)C(F)(F)F. The minimum absolute atomic E-state index is 0.103. The number of hydrogen-bond acceptors (Lipinski definition) is 7. The molecule has 0 bridgehead atoms. The van der Waals surface area contributed by atoms with Gasteiger partial charge in [0.2, 0.25) is 5.95 Å². The van der Waals surface area contributed by atoms with Gasteiger partial charge in [-0.15, -0.1) is 0 Å². The third-order valence-corrected chi connectivity index (χ3v) is 5.70. The number of likely N-dealkylation sites (tertiary alicyclic amines) is 1. The summed E-state index contributed by atoms with van der Waals surface area (Å²) in [5, 5.41) is 14.2. The molecule has 2 aliphatic rings. The van der Waals surface area contributed by atoms with Gasteiger partial charge in [0.05, 0.1) is 17.9 Å².